The fraction of sp³-hybridized carbons (Fsp3) is 0.188. The Labute approximate surface area is 149 Å². The lowest BCUT2D eigenvalue weighted by molar-refractivity contribution is -0.116. The van der Waals surface area contributed by atoms with Gasteiger partial charge in [0.05, 0.1) is 0 Å². The first-order valence-electron chi connectivity index (χ1n) is 7.28. The smallest absolute Gasteiger partial charge is 0.243 e. The van der Waals surface area contributed by atoms with Crippen LogP contribution in [0.25, 0.3) is 0 Å². The van der Waals surface area contributed by atoms with Crippen LogP contribution in [0, 0.1) is 11.6 Å². The summed E-state index contributed by atoms with van der Waals surface area (Å²) >= 11 is 5.74. The second kappa shape index (κ2) is 8.37. The van der Waals surface area contributed by atoms with Gasteiger partial charge in [-0.2, -0.15) is 0 Å². The van der Waals surface area contributed by atoms with Crippen molar-refractivity contribution in [1.82, 2.24) is 4.72 Å². The molecular weight excluding hydrogens is 374 g/mol. The number of sulfonamides is 1. The Morgan fingerprint density at radius 1 is 1.08 bits per heavy atom. The van der Waals surface area contributed by atoms with Gasteiger partial charge >= 0.3 is 0 Å². The van der Waals surface area contributed by atoms with E-state index in [2.05, 4.69) is 10.0 Å². The maximum absolute atomic E-state index is 13.5. The van der Waals surface area contributed by atoms with E-state index < -0.39 is 26.6 Å². The number of nitrogens with one attached hydrogen (secondary N) is 2. The van der Waals surface area contributed by atoms with Gasteiger partial charge in [0.2, 0.25) is 15.9 Å². The van der Waals surface area contributed by atoms with Crippen LogP contribution in [0.3, 0.4) is 0 Å². The zero-order valence-corrected chi connectivity index (χ0v) is 14.5. The van der Waals surface area contributed by atoms with Crippen LogP contribution in [-0.4, -0.2) is 20.9 Å². The average molecular weight is 389 g/mol. The first-order chi connectivity index (χ1) is 11.8. The van der Waals surface area contributed by atoms with Crippen molar-refractivity contribution < 1.29 is 22.0 Å². The van der Waals surface area contributed by atoms with E-state index in [0.29, 0.717) is 16.8 Å². The number of halogens is 3. The van der Waals surface area contributed by atoms with E-state index in [1.165, 1.54) is 0 Å². The Morgan fingerprint density at radius 2 is 1.76 bits per heavy atom. The van der Waals surface area contributed by atoms with E-state index in [-0.39, 0.29) is 25.3 Å². The summed E-state index contributed by atoms with van der Waals surface area (Å²) in [4.78, 5) is 11.1. The van der Waals surface area contributed by atoms with Gasteiger partial charge in [0.15, 0.2) is 0 Å². The van der Waals surface area contributed by atoms with Gasteiger partial charge in [-0.3, -0.25) is 4.79 Å². The van der Waals surface area contributed by atoms with Crippen molar-refractivity contribution in [2.24, 2.45) is 0 Å². The normalized spacial score (nSPS) is 11.3. The molecule has 0 heterocycles. The van der Waals surface area contributed by atoms with Crippen molar-refractivity contribution in [3.05, 3.63) is 59.1 Å². The summed E-state index contributed by atoms with van der Waals surface area (Å²) in [6, 6.07) is 8.73. The molecule has 2 N–H and O–H groups in total. The summed E-state index contributed by atoms with van der Waals surface area (Å²) in [5.41, 5.74) is 0.573. The van der Waals surface area contributed by atoms with Crippen molar-refractivity contribution in [2.45, 2.75) is 17.7 Å². The molecule has 0 aliphatic carbocycles. The molecule has 0 radical (unpaired) electrons. The Bertz CT molecular complexity index is 858. The fourth-order valence-corrected chi connectivity index (χ4v) is 3.24. The molecular formula is C16H15ClF2N2O3S. The van der Waals surface area contributed by atoms with Crippen molar-refractivity contribution in [1.29, 1.82) is 0 Å². The Hall–Kier alpha value is -2.03. The summed E-state index contributed by atoms with van der Waals surface area (Å²) in [6.07, 6.45) is 0.276. The lowest BCUT2D eigenvalue weighted by atomic mass is 10.2. The molecule has 0 aliphatic heterocycles. The third-order valence-corrected chi connectivity index (χ3v) is 4.93. The standard InChI is InChI=1S/C16H15ClF2N2O3S/c17-11-3-6-13(7-4-11)21-16(22)2-1-9-20-25(23,24)15-8-5-12(18)10-14(15)19/h3-8,10,20H,1-2,9H2,(H,21,22). The zero-order valence-electron chi connectivity index (χ0n) is 12.9. The van der Waals surface area contributed by atoms with Crippen LogP contribution in [-0.2, 0) is 14.8 Å². The minimum absolute atomic E-state index is 0.0623. The highest BCUT2D eigenvalue weighted by Gasteiger charge is 2.19. The average Bonchev–Trinajstić information content (AvgIpc) is 2.53. The Morgan fingerprint density at radius 3 is 2.40 bits per heavy atom. The van der Waals surface area contributed by atoms with Crippen LogP contribution in [0.5, 0.6) is 0 Å². The Kier molecular flexibility index (Phi) is 6.46. The van der Waals surface area contributed by atoms with Crippen LogP contribution in [0.4, 0.5) is 14.5 Å². The predicted octanol–water partition coefficient (Wildman–Crippen LogP) is 3.32. The molecule has 0 spiro atoms. The topological polar surface area (TPSA) is 75.3 Å². The number of hydrogen-bond donors (Lipinski definition) is 2. The number of carbonyl (C=O) groups excluding carboxylic acids is 1. The van der Waals surface area contributed by atoms with Crippen LogP contribution < -0.4 is 10.0 Å². The van der Waals surface area contributed by atoms with Gasteiger partial charge in [-0.15, -0.1) is 0 Å². The molecule has 0 saturated carbocycles. The van der Waals surface area contributed by atoms with E-state index in [9.17, 15) is 22.0 Å². The molecule has 134 valence electrons. The third-order valence-electron chi connectivity index (χ3n) is 3.18. The molecule has 2 rings (SSSR count). The Balaban J connectivity index is 1.81. The molecule has 0 fully saturated rings. The summed E-state index contributed by atoms with van der Waals surface area (Å²) < 4.78 is 52.4. The predicted molar refractivity (Wildman–Crippen MR) is 90.9 cm³/mol. The van der Waals surface area contributed by atoms with Crippen molar-refractivity contribution in [2.75, 3.05) is 11.9 Å². The quantitative estimate of drug-likeness (QED) is 0.714. The van der Waals surface area contributed by atoms with Gasteiger partial charge in [-0.25, -0.2) is 21.9 Å². The van der Waals surface area contributed by atoms with Crippen LogP contribution in [0.2, 0.25) is 5.02 Å². The second-order valence-corrected chi connectivity index (χ2v) is 7.30. The van der Waals surface area contributed by atoms with E-state index >= 15 is 0 Å². The first kappa shape index (κ1) is 19.3. The lowest BCUT2D eigenvalue weighted by Crippen LogP contribution is -2.26. The monoisotopic (exact) mass is 388 g/mol. The first-order valence-corrected chi connectivity index (χ1v) is 9.14. The summed E-state index contributed by atoms with van der Waals surface area (Å²) in [5.74, 6) is -2.34. The molecule has 0 atom stereocenters. The van der Waals surface area contributed by atoms with E-state index in [1.807, 2.05) is 0 Å². The van der Waals surface area contributed by atoms with E-state index in [1.54, 1.807) is 24.3 Å². The zero-order chi connectivity index (χ0) is 18.4. The largest absolute Gasteiger partial charge is 0.326 e. The number of benzene rings is 2. The molecule has 25 heavy (non-hydrogen) atoms. The maximum Gasteiger partial charge on any atom is 0.243 e. The van der Waals surface area contributed by atoms with Crippen molar-refractivity contribution in [3.8, 4) is 0 Å². The SMILES string of the molecule is O=C(CCCNS(=O)(=O)c1ccc(F)cc1F)Nc1ccc(Cl)cc1. The van der Waals surface area contributed by atoms with Gasteiger partial charge < -0.3 is 5.32 Å². The molecule has 0 unspecified atom stereocenters. The summed E-state index contributed by atoms with van der Waals surface area (Å²) in [6.45, 7) is -0.0623. The van der Waals surface area contributed by atoms with Crippen molar-refractivity contribution >= 4 is 33.2 Å². The van der Waals surface area contributed by atoms with E-state index in [0.717, 1.165) is 12.1 Å². The van der Waals surface area contributed by atoms with Crippen LogP contribution >= 0.6 is 11.6 Å². The van der Waals surface area contributed by atoms with Gasteiger partial charge in [-0.05, 0) is 42.8 Å². The summed E-state index contributed by atoms with van der Waals surface area (Å²) in [7, 11) is -4.11. The van der Waals surface area contributed by atoms with E-state index in [4.69, 9.17) is 11.6 Å². The molecule has 2 aromatic rings. The molecule has 0 saturated heterocycles. The minimum atomic E-state index is -4.11. The minimum Gasteiger partial charge on any atom is -0.326 e. The van der Waals surface area contributed by atoms with Gasteiger partial charge in [0.1, 0.15) is 16.5 Å². The lowest BCUT2D eigenvalue weighted by Gasteiger charge is -2.08. The van der Waals surface area contributed by atoms with Crippen LogP contribution in [0.15, 0.2) is 47.4 Å². The molecule has 9 heteroatoms. The number of carbonyl (C=O) groups is 1. The van der Waals surface area contributed by atoms with Gasteiger partial charge in [0, 0.05) is 29.7 Å². The third kappa shape index (κ3) is 5.77. The number of hydrogen-bond acceptors (Lipinski definition) is 3. The number of rotatable bonds is 7. The number of amides is 1. The summed E-state index contributed by atoms with van der Waals surface area (Å²) in [5, 5.41) is 3.18. The van der Waals surface area contributed by atoms with Gasteiger partial charge in [0.25, 0.3) is 0 Å². The molecule has 1 amide bonds. The number of anilines is 1. The van der Waals surface area contributed by atoms with Gasteiger partial charge in [-0.1, -0.05) is 11.6 Å². The highest BCUT2D eigenvalue weighted by atomic mass is 35.5. The molecule has 2 aromatic carbocycles. The molecule has 0 bridgehead atoms. The highest BCUT2D eigenvalue weighted by molar-refractivity contribution is 7.89. The second-order valence-electron chi connectivity index (χ2n) is 5.13. The molecule has 0 aliphatic rings. The molecule has 5 nitrogen and oxygen atoms in total. The maximum atomic E-state index is 13.5. The highest BCUT2D eigenvalue weighted by Crippen LogP contribution is 2.16. The molecule has 0 aromatic heterocycles. The van der Waals surface area contributed by atoms with Crippen molar-refractivity contribution in [3.63, 3.8) is 0 Å². The van der Waals surface area contributed by atoms with Crippen LogP contribution in [0.1, 0.15) is 12.8 Å². The fourth-order valence-electron chi connectivity index (χ4n) is 1.98.